The third-order valence-corrected chi connectivity index (χ3v) is 6.65. The Balaban J connectivity index is 0.00000320. The average molecular weight is 474 g/mol. The number of hydrogen-bond donors (Lipinski definition) is 0. The summed E-state index contributed by atoms with van der Waals surface area (Å²) in [5.41, 5.74) is 1.44. The van der Waals surface area contributed by atoms with Gasteiger partial charge in [-0.15, -0.1) is 12.4 Å². The Hall–Kier alpha value is -1.33. The highest BCUT2D eigenvalue weighted by molar-refractivity contribution is 6.34. The van der Waals surface area contributed by atoms with Gasteiger partial charge in [0, 0.05) is 28.9 Å². The van der Waals surface area contributed by atoms with Crippen LogP contribution in [0.4, 0.5) is 4.39 Å². The van der Waals surface area contributed by atoms with Gasteiger partial charge < -0.3 is 9.80 Å². The minimum absolute atomic E-state index is 0. The van der Waals surface area contributed by atoms with Crippen LogP contribution in [0.3, 0.4) is 0 Å². The number of carbonyl (C=O) groups excluding carboxylic acids is 1. The molecule has 2 aromatic carbocycles. The largest absolute Gasteiger partial charge is 0.339 e. The quantitative estimate of drug-likeness (QED) is 0.522. The van der Waals surface area contributed by atoms with E-state index in [2.05, 4.69) is 11.9 Å². The molecule has 1 aliphatic rings. The van der Waals surface area contributed by atoms with Gasteiger partial charge in [-0.05, 0) is 81.4 Å². The van der Waals surface area contributed by atoms with Crippen LogP contribution in [0, 0.1) is 5.82 Å². The number of halogens is 4. The fraction of sp³-hybridized carbons (Fsp3) is 0.435. The van der Waals surface area contributed by atoms with E-state index < -0.39 is 0 Å². The van der Waals surface area contributed by atoms with Crippen molar-refractivity contribution < 1.29 is 9.18 Å². The van der Waals surface area contributed by atoms with E-state index in [0.29, 0.717) is 16.5 Å². The maximum Gasteiger partial charge on any atom is 0.223 e. The second kappa shape index (κ2) is 10.3. The zero-order valence-electron chi connectivity index (χ0n) is 17.5. The highest BCUT2D eigenvalue weighted by atomic mass is 35.5. The van der Waals surface area contributed by atoms with Gasteiger partial charge in [0.15, 0.2) is 0 Å². The van der Waals surface area contributed by atoms with E-state index >= 15 is 0 Å². The molecule has 0 radical (unpaired) electrons. The van der Waals surface area contributed by atoms with E-state index in [0.717, 1.165) is 37.1 Å². The van der Waals surface area contributed by atoms with Crippen LogP contribution in [0.5, 0.6) is 0 Å². The zero-order valence-corrected chi connectivity index (χ0v) is 19.8. The topological polar surface area (TPSA) is 23.6 Å². The first kappa shape index (κ1) is 24.9. The molecule has 0 bridgehead atoms. The number of carbonyl (C=O) groups is 1. The molecule has 1 unspecified atom stereocenters. The second-order valence-electron chi connectivity index (χ2n) is 8.15. The Morgan fingerprint density at radius 2 is 1.77 bits per heavy atom. The molecule has 0 N–H and O–H groups in total. The Bertz CT molecular complexity index is 864. The molecule has 1 aliphatic heterocycles. The molecule has 30 heavy (non-hydrogen) atoms. The normalized spacial score (nSPS) is 17.1. The first-order valence-electron chi connectivity index (χ1n) is 9.86. The molecule has 1 heterocycles. The molecule has 164 valence electrons. The molecule has 0 aromatic heterocycles. The van der Waals surface area contributed by atoms with Gasteiger partial charge in [-0.25, -0.2) is 4.39 Å². The summed E-state index contributed by atoms with van der Waals surface area (Å²) in [6.07, 6.45) is 1.99. The third-order valence-electron chi connectivity index (χ3n) is 6.21. The number of nitrogens with zero attached hydrogens (tertiary/aromatic N) is 2. The molecule has 2 aromatic rings. The lowest BCUT2D eigenvalue weighted by Gasteiger charge is -2.42. The van der Waals surface area contributed by atoms with Crippen LogP contribution in [-0.4, -0.2) is 42.9 Å². The maximum atomic E-state index is 14.0. The van der Waals surface area contributed by atoms with E-state index in [9.17, 15) is 9.18 Å². The van der Waals surface area contributed by atoms with E-state index in [1.54, 1.807) is 30.1 Å². The third kappa shape index (κ3) is 5.67. The number of likely N-dealkylation sites (tertiary alicyclic amines) is 1. The summed E-state index contributed by atoms with van der Waals surface area (Å²) < 4.78 is 14.0. The van der Waals surface area contributed by atoms with Crippen molar-refractivity contribution in [3.05, 3.63) is 69.5 Å². The van der Waals surface area contributed by atoms with Gasteiger partial charge in [0.1, 0.15) is 5.82 Å². The molecule has 1 saturated heterocycles. The second-order valence-corrected chi connectivity index (χ2v) is 9.03. The SMILES string of the molecule is CC(c1cc(Cl)cc(Cl)c1)N(C)C(=O)CC1(c2cccc(F)c2)CCN(C)CC1.Cl. The Morgan fingerprint density at radius 1 is 1.17 bits per heavy atom. The summed E-state index contributed by atoms with van der Waals surface area (Å²) in [5, 5.41) is 1.10. The van der Waals surface area contributed by atoms with Gasteiger partial charge in [0.05, 0.1) is 6.04 Å². The van der Waals surface area contributed by atoms with Crippen LogP contribution in [-0.2, 0) is 10.2 Å². The number of amides is 1. The van der Waals surface area contributed by atoms with Crippen molar-refractivity contribution >= 4 is 41.5 Å². The molecule has 0 saturated carbocycles. The Morgan fingerprint density at radius 3 is 2.33 bits per heavy atom. The first-order valence-corrected chi connectivity index (χ1v) is 10.6. The van der Waals surface area contributed by atoms with Crippen molar-refractivity contribution in [3.8, 4) is 0 Å². The lowest BCUT2D eigenvalue weighted by atomic mass is 9.70. The van der Waals surface area contributed by atoms with Crippen LogP contribution in [0.15, 0.2) is 42.5 Å². The van der Waals surface area contributed by atoms with Crippen molar-refractivity contribution in [3.63, 3.8) is 0 Å². The summed E-state index contributed by atoms with van der Waals surface area (Å²) in [4.78, 5) is 17.3. The van der Waals surface area contributed by atoms with Crippen molar-refractivity contribution in [2.24, 2.45) is 0 Å². The zero-order chi connectivity index (χ0) is 21.2. The van der Waals surface area contributed by atoms with Crippen LogP contribution in [0.1, 0.15) is 43.4 Å². The minimum Gasteiger partial charge on any atom is -0.339 e. The first-order chi connectivity index (χ1) is 13.7. The van der Waals surface area contributed by atoms with Gasteiger partial charge >= 0.3 is 0 Å². The Labute approximate surface area is 194 Å². The standard InChI is InChI=1S/C23H27Cl2FN2O.ClH/c1-16(17-11-19(24)14-20(25)12-17)28(3)22(29)15-23(7-9-27(2)10-8-23)18-5-4-6-21(26)13-18;/h4-6,11-14,16H,7-10,15H2,1-3H3;1H. The van der Waals surface area contributed by atoms with E-state index in [-0.39, 0.29) is 35.6 Å². The van der Waals surface area contributed by atoms with E-state index in [4.69, 9.17) is 23.2 Å². The fourth-order valence-electron chi connectivity index (χ4n) is 4.10. The highest BCUT2D eigenvalue weighted by Crippen LogP contribution is 2.40. The fourth-order valence-corrected chi connectivity index (χ4v) is 4.65. The summed E-state index contributed by atoms with van der Waals surface area (Å²) in [6.45, 7) is 3.73. The lowest BCUT2D eigenvalue weighted by molar-refractivity contribution is -0.133. The monoisotopic (exact) mass is 472 g/mol. The van der Waals surface area contributed by atoms with Crippen LogP contribution < -0.4 is 0 Å². The van der Waals surface area contributed by atoms with Gasteiger partial charge in [0.2, 0.25) is 5.91 Å². The van der Waals surface area contributed by atoms with Crippen LogP contribution in [0.2, 0.25) is 10.0 Å². The molecule has 1 fully saturated rings. The van der Waals surface area contributed by atoms with Gasteiger partial charge in [-0.1, -0.05) is 35.3 Å². The Kier molecular flexibility index (Phi) is 8.58. The summed E-state index contributed by atoms with van der Waals surface area (Å²) in [6, 6.07) is 11.9. The number of benzene rings is 2. The molecule has 0 aliphatic carbocycles. The number of rotatable bonds is 5. The lowest BCUT2D eigenvalue weighted by Crippen LogP contribution is -2.44. The smallest absolute Gasteiger partial charge is 0.223 e. The predicted molar refractivity (Wildman–Crippen MR) is 124 cm³/mol. The van der Waals surface area contributed by atoms with Crippen molar-refractivity contribution in [2.45, 2.75) is 37.6 Å². The van der Waals surface area contributed by atoms with Crippen molar-refractivity contribution in [1.29, 1.82) is 0 Å². The molecule has 3 rings (SSSR count). The summed E-state index contributed by atoms with van der Waals surface area (Å²) in [7, 11) is 3.88. The van der Waals surface area contributed by atoms with Crippen LogP contribution in [0.25, 0.3) is 0 Å². The van der Waals surface area contributed by atoms with E-state index in [1.807, 2.05) is 25.1 Å². The number of hydrogen-bond acceptors (Lipinski definition) is 2. The summed E-state index contributed by atoms with van der Waals surface area (Å²) >= 11 is 12.3. The highest BCUT2D eigenvalue weighted by Gasteiger charge is 2.39. The molecule has 3 nitrogen and oxygen atoms in total. The maximum absolute atomic E-state index is 14.0. The minimum atomic E-state index is -0.356. The molecule has 1 amide bonds. The molecule has 7 heteroatoms. The van der Waals surface area contributed by atoms with Crippen molar-refractivity contribution in [1.82, 2.24) is 9.80 Å². The summed E-state index contributed by atoms with van der Waals surface area (Å²) in [5.74, 6) is -0.231. The van der Waals surface area contributed by atoms with Gasteiger partial charge in [-0.2, -0.15) is 0 Å². The van der Waals surface area contributed by atoms with Crippen LogP contribution >= 0.6 is 35.6 Å². The molecule has 1 atom stereocenters. The van der Waals surface area contributed by atoms with Crippen molar-refractivity contribution in [2.75, 3.05) is 27.2 Å². The number of piperidine rings is 1. The molecular formula is C23H28Cl3FN2O. The predicted octanol–water partition coefficient (Wildman–Crippen LogP) is 6.13. The molecular weight excluding hydrogens is 446 g/mol. The molecule has 0 spiro atoms. The average Bonchev–Trinajstić information content (AvgIpc) is 2.68. The van der Waals surface area contributed by atoms with Gasteiger partial charge in [0.25, 0.3) is 0 Å². The van der Waals surface area contributed by atoms with E-state index in [1.165, 1.54) is 6.07 Å². The van der Waals surface area contributed by atoms with Gasteiger partial charge in [-0.3, -0.25) is 4.79 Å².